The van der Waals surface area contributed by atoms with E-state index in [-0.39, 0.29) is 5.78 Å². The van der Waals surface area contributed by atoms with E-state index < -0.39 is 16.7 Å². The van der Waals surface area contributed by atoms with Gasteiger partial charge in [-0.1, -0.05) is 41.1 Å². The third kappa shape index (κ3) is 2.60. The highest BCUT2D eigenvalue weighted by atomic mass is 79.9. The topological polar surface area (TPSA) is 83.1 Å². The number of carbonyl (C=O) groups is 1. The average Bonchev–Trinajstić information content (AvgIpc) is 3.36. The maximum atomic E-state index is 13.5. The van der Waals surface area contributed by atoms with Crippen molar-refractivity contribution in [3.63, 3.8) is 0 Å². The quantitative estimate of drug-likeness (QED) is 0.600. The van der Waals surface area contributed by atoms with Crippen LogP contribution in [0.2, 0.25) is 0 Å². The van der Waals surface area contributed by atoms with Crippen LogP contribution in [0.5, 0.6) is 11.5 Å². The van der Waals surface area contributed by atoms with Crippen LogP contribution < -0.4 is 9.47 Å². The molecule has 2 aromatic rings. The van der Waals surface area contributed by atoms with Crippen LogP contribution >= 0.6 is 15.9 Å². The van der Waals surface area contributed by atoms with E-state index in [9.17, 15) is 15.3 Å². The van der Waals surface area contributed by atoms with Gasteiger partial charge in [0.15, 0.2) is 22.7 Å². The molecule has 2 aromatic carbocycles. The summed E-state index contributed by atoms with van der Waals surface area (Å²) >= 11 is 3.36. The highest BCUT2D eigenvalue weighted by Crippen LogP contribution is 2.76. The molecule has 2 unspecified atom stereocenters. The lowest BCUT2D eigenvalue weighted by Crippen LogP contribution is -2.22. The molecule has 1 saturated carbocycles. The number of hydrogen-bond donors (Lipinski definition) is 0. The first-order valence-corrected chi connectivity index (χ1v) is 9.59. The van der Waals surface area contributed by atoms with Crippen molar-refractivity contribution < 1.29 is 14.3 Å². The molecular weight excluding hydrogens is 420 g/mol. The molecule has 0 radical (unpaired) electrons. The zero-order chi connectivity index (χ0) is 20.5. The molecule has 1 aliphatic rings. The summed E-state index contributed by atoms with van der Waals surface area (Å²) in [5.74, 6) is 0.312. The lowest BCUT2D eigenvalue weighted by molar-refractivity contribution is 0.0875. The van der Waals surface area contributed by atoms with E-state index in [0.29, 0.717) is 29.0 Å². The highest BCUT2D eigenvalue weighted by molar-refractivity contribution is 9.10. The van der Waals surface area contributed by atoms with Crippen LogP contribution in [0.15, 0.2) is 46.9 Å². The molecule has 6 heteroatoms. The number of ether oxygens (including phenoxy) is 2. The van der Waals surface area contributed by atoms with Crippen molar-refractivity contribution in [2.75, 3.05) is 14.2 Å². The maximum absolute atomic E-state index is 13.5. The van der Waals surface area contributed by atoms with Crippen molar-refractivity contribution in [3.8, 4) is 23.6 Å². The Bertz CT molecular complexity index is 990. The molecule has 0 spiro atoms. The van der Waals surface area contributed by atoms with Gasteiger partial charge in [0.2, 0.25) is 0 Å². The summed E-state index contributed by atoms with van der Waals surface area (Å²) in [6.45, 7) is 1.85. The monoisotopic (exact) mass is 438 g/mol. The Kier molecular flexibility index (Phi) is 5.19. The third-order valence-electron chi connectivity index (χ3n) is 5.71. The number of rotatable bonds is 6. The number of nitrogens with zero attached hydrogens (tertiary/aromatic N) is 2. The molecule has 0 amide bonds. The van der Waals surface area contributed by atoms with Crippen molar-refractivity contribution in [2.24, 2.45) is 10.8 Å². The number of ketones is 1. The van der Waals surface area contributed by atoms with Gasteiger partial charge in [-0.25, -0.2) is 0 Å². The van der Waals surface area contributed by atoms with Gasteiger partial charge in [-0.2, -0.15) is 10.5 Å². The molecule has 2 atom stereocenters. The fourth-order valence-electron chi connectivity index (χ4n) is 4.27. The van der Waals surface area contributed by atoms with Crippen molar-refractivity contribution in [2.45, 2.75) is 19.3 Å². The number of methoxy groups -OCH3 is 2. The van der Waals surface area contributed by atoms with Gasteiger partial charge < -0.3 is 9.47 Å². The minimum Gasteiger partial charge on any atom is -0.493 e. The number of benzene rings is 2. The molecule has 142 valence electrons. The zero-order valence-corrected chi connectivity index (χ0v) is 17.4. The minimum atomic E-state index is -1.43. The Labute approximate surface area is 172 Å². The largest absolute Gasteiger partial charge is 0.493 e. The molecule has 1 aliphatic carbocycles. The second-order valence-corrected chi connectivity index (χ2v) is 7.66. The van der Waals surface area contributed by atoms with Gasteiger partial charge in [0.05, 0.1) is 31.8 Å². The van der Waals surface area contributed by atoms with E-state index in [0.717, 1.165) is 4.47 Å². The van der Waals surface area contributed by atoms with Crippen LogP contribution in [0.1, 0.15) is 35.2 Å². The van der Waals surface area contributed by atoms with Gasteiger partial charge >= 0.3 is 0 Å². The first-order valence-electron chi connectivity index (χ1n) is 8.80. The van der Waals surface area contributed by atoms with E-state index >= 15 is 0 Å². The van der Waals surface area contributed by atoms with Crippen LogP contribution in [-0.4, -0.2) is 20.0 Å². The molecule has 5 nitrogen and oxygen atoms in total. The summed E-state index contributed by atoms with van der Waals surface area (Å²) in [4.78, 5) is 13.5. The van der Waals surface area contributed by atoms with E-state index in [2.05, 4.69) is 28.1 Å². The lowest BCUT2D eigenvalue weighted by atomic mass is 9.84. The average molecular weight is 439 g/mol. The predicted octanol–water partition coefficient (Wildman–Crippen LogP) is 4.88. The maximum Gasteiger partial charge on any atom is 0.172 e. The molecule has 0 bridgehead atoms. The van der Waals surface area contributed by atoms with Gasteiger partial charge in [-0.15, -0.1) is 0 Å². The van der Waals surface area contributed by atoms with Crippen molar-refractivity contribution in [1.82, 2.24) is 0 Å². The molecule has 0 saturated heterocycles. The predicted molar refractivity (Wildman–Crippen MR) is 107 cm³/mol. The van der Waals surface area contributed by atoms with Crippen molar-refractivity contribution >= 4 is 21.7 Å². The standard InChI is InChI=1S/C22H19BrN2O3/c1-4-22(20(26)14-5-8-16(23)9-6-14)19(21(22,12-24)13-25)15-7-10-17(27-2)18(11-15)28-3/h5-11,19H,4H2,1-3H3. The molecule has 28 heavy (non-hydrogen) atoms. The Morgan fingerprint density at radius 1 is 1.07 bits per heavy atom. The van der Waals surface area contributed by atoms with Gasteiger partial charge in [-0.05, 0) is 36.2 Å². The molecular formula is C22H19BrN2O3. The molecule has 3 rings (SSSR count). The highest BCUT2D eigenvalue weighted by Gasteiger charge is 2.81. The zero-order valence-electron chi connectivity index (χ0n) is 15.8. The van der Waals surface area contributed by atoms with Crippen molar-refractivity contribution in [1.29, 1.82) is 10.5 Å². The summed E-state index contributed by atoms with van der Waals surface area (Å²) in [6, 6.07) is 16.6. The summed E-state index contributed by atoms with van der Waals surface area (Å²) in [5.41, 5.74) is -1.33. The molecule has 0 aromatic heterocycles. The van der Waals surface area contributed by atoms with E-state index in [1.54, 1.807) is 42.5 Å². The first-order chi connectivity index (χ1) is 13.4. The van der Waals surface area contributed by atoms with E-state index in [4.69, 9.17) is 9.47 Å². The van der Waals surface area contributed by atoms with Gasteiger partial charge in [-0.3, -0.25) is 4.79 Å². The number of Topliss-reactive ketones (excluding diaryl/α,β-unsaturated/α-hetero) is 1. The summed E-state index contributed by atoms with van der Waals surface area (Å²) in [7, 11) is 3.06. The van der Waals surface area contributed by atoms with Gasteiger partial charge in [0.25, 0.3) is 0 Å². The smallest absolute Gasteiger partial charge is 0.172 e. The SMILES string of the molecule is CCC1(C(=O)c2ccc(Br)cc2)C(c2ccc(OC)c(OC)c2)C1(C#N)C#N. The fraction of sp³-hybridized carbons (Fsp3) is 0.318. The molecule has 0 N–H and O–H groups in total. The fourth-order valence-corrected chi connectivity index (χ4v) is 4.53. The Morgan fingerprint density at radius 2 is 1.68 bits per heavy atom. The third-order valence-corrected chi connectivity index (χ3v) is 6.24. The van der Waals surface area contributed by atoms with Crippen molar-refractivity contribution in [3.05, 3.63) is 58.1 Å². The normalized spacial score (nSPS) is 21.9. The van der Waals surface area contributed by atoms with Crippen LogP contribution in [-0.2, 0) is 0 Å². The van der Waals surface area contributed by atoms with E-state index in [1.807, 2.05) is 6.92 Å². The van der Waals surface area contributed by atoms with Gasteiger partial charge in [0, 0.05) is 16.0 Å². The van der Waals surface area contributed by atoms with Crippen LogP contribution in [0.4, 0.5) is 0 Å². The molecule has 1 fully saturated rings. The second-order valence-electron chi connectivity index (χ2n) is 6.74. The van der Waals surface area contributed by atoms with Crippen LogP contribution in [0, 0.1) is 33.5 Å². The summed E-state index contributed by atoms with van der Waals surface area (Å²) < 4.78 is 11.5. The molecule has 0 aliphatic heterocycles. The molecule has 0 heterocycles. The van der Waals surface area contributed by atoms with Gasteiger partial charge in [0.1, 0.15) is 0 Å². The first kappa shape index (κ1) is 19.9. The van der Waals surface area contributed by atoms with Crippen LogP contribution in [0.25, 0.3) is 0 Å². The Balaban J connectivity index is 2.15. The number of nitriles is 2. The number of carbonyl (C=O) groups excluding carboxylic acids is 1. The summed E-state index contributed by atoms with van der Waals surface area (Å²) in [6.07, 6.45) is 0.377. The Hall–Kier alpha value is -2.83. The lowest BCUT2D eigenvalue weighted by Gasteiger charge is -2.15. The minimum absolute atomic E-state index is 0.189. The summed E-state index contributed by atoms with van der Waals surface area (Å²) in [5, 5.41) is 19.9. The second kappa shape index (κ2) is 7.30. The van der Waals surface area contributed by atoms with Crippen LogP contribution in [0.3, 0.4) is 0 Å². The number of hydrogen-bond acceptors (Lipinski definition) is 5. The number of halogens is 1. The van der Waals surface area contributed by atoms with E-state index in [1.165, 1.54) is 14.2 Å². The Morgan fingerprint density at radius 3 is 2.18 bits per heavy atom.